The average Bonchev–Trinajstić information content (AvgIpc) is 2.56. The van der Waals surface area contributed by atoms with E-state index in [0.717, 1.165) is 23.2 Å². The summed E-state index contributed by atoms with van der Waals surface area (Å²) in [5, 5.41) is 3.88. The molecule has 0 saturated heterocycles. The molecule has 1 N–H and O–H groups in total. The first kappa shape index (κ1) is 17.6. The van der Waals surface area contributed by atoms with Gasteiger partial charge in [0.15, 0.2) is 0 Å². The number of anilines is 1. The van der Waals surface area contributed by atoms with Crippen LogP contribution < -0.4 is 10.1 Å². The molecule has 23 heavy (non-hydrogen) atoms. The highest BCUT2D eigenvalue weighted by Gasteiger charge is 2.17. The van der Waals surface area contributed by atoms with Gasteiger partial charge >= 0.3 is 6.03 Å². The smallest absolute Gasteiger partial charge is 0.345 e. The number of amides is 2. The van der Waals surface area contributed by atoms with E-state index < -0.39 is 0 Å². The maximum Gasteiger partial charge on any atom is 0.345 e. The molecule has 0 spiro atoms. The van der Waals surface area contributed by atoms with Gasteiger partial charge in [-0.3, -0.25) is 4.84 Å². The predicted octanol–water partition coefficient (Wildman–Crippen LogP) is 4.45. The molecular formula is C18H28N2O3. The molecule has 1 atom stereocenters. The van der Waals surface area contributed by atoms with Gasteiger partial charge in [0.1, 0.15) is 5.75 Å². The first-order valence-electron chi connectivity index (χ1n) is 8.44. The Labute approximate surface area is 138 Å². The van der Waals surface area contributed by atoms with E-state index in [2.05, 4.69) is 12.2 Å². The summed E-state index contributed by atoms with van der Waals surface area (Å²) in [4.78, 5) is 16.5. The fraction of sp³-hybridized carbons (Fsp3) is 0.611. The van der Waals surface area contributed by atoms with E-state index in [1.807, 2.05) is 24.3 Å². The summed E-state index contributed by atoms with van der Waals surface area (Å²) >= 11 is 0. The average molecular weight is 320 g/mol. The van der Waals surface area contributed by atoms with Crippen molar-refractivity contribution in [3.63, 3.8) is 0 Å². The first-order chi connectivity index (χ1) is 11.1. The first-order valence-corrected chi connectivity index (χ1v) is 8.44. The number of hydrogen-bond acceptors (Lipinski definition) is 3. The largest absolute Gasteiger partial charge is 0.491 e. The van der Waals surface area contributed by atoms with Crippen LogP contribution >= 0.6 is 0 Å². The predicted molar refractivity (Wildman–Crippen MR) is 91.5 cm³/mol. The van der Waals surface area contributed by atoms with Crippen molar-refractivity contribution in [2.45, 2.75) is 51.6 Å². The second kappa shape index (κ2) is 8.77. The maximum atomic E-state index is 11.7. The number of hydroxylamine groups is 2. The van der Waals surface area contributed by atoms with Gasteiger partial charge in [-0.05, 0) is 43.5 Å². The zero-order valence-electron chi connectivity index (χ0n) is 14.4. The van der Waals surface area contributed by atoms with E-state index in [-0.39, 0.29) is 12.1 Å². The Hall–Kier alpha value is -1.75. The van der Waals surface area contributed by atoms with Gasteiger partial charge in [-0.1, -0.05) is 32.1 Å². The highest BCUT2D eigenvalue weighted by atomic mass is 16.7. The van der Waals surface area contributed by atoms with Gasteiger partial charge in [0, 0.05) is 12.7 Å². The van der Waals surface area contributed by atoms with Crippen molar-refractivity contribution < 1.29 is 14.4 Å². The van der Waals surface area contributed by atoms with Crippen LogP contribution in [0, 0.1) is 5.92 Å². The Morgan fingerprint density at radius 3 is 2.52 bits per heavy atom. The summed E-state index contributed by atoms with van der Waals surface area (Å²) in [5.74, 6) is 1.65. The van der Waals surface area contributed by atoms with Crippen molar-refractivity contribution in [1.82, 2.24) is 5.06 Å². The second-order valence-electron chi connectivity index (χ2n) is 6.30. The molecule has 0 radical (unpaired) electrons. The van der Waals surface area contributed by atoms with Crippen LogP contribution in [-0.4, -0.2) is 31.4 Å². The Kier molecular flexibility index (Phi) is 6.71. The van der Waals surface area contributed by atoms with Crippen LogP contribution in [-0.2, 0) is 4.84 Å². The van der Waals surface area contributed by atoms with Crippen LogP contribution in [0.5, 0.6) is 5.75 Å². The van der Waals surface area contributed by atoms with Crippen LogP contribution in [0.2, 0.25) is 0 Å². The molecule has 1 aliphatic rings. The van der Waals surface area contributed by atoms with Gasteiger partial charge < -0.3 is 10.1 Å². The van der Waals surface area contributed by atoms with Crippen molar-refractivity contribution in [3.8, 4) is 5.75 Å². The molecule has 0 bridgehead atoms. The Balaban J connectivity index is 1.80. The van der Waals surface area contributed by atoms with Gasteiger partial charge in [0.2, 0.25) is 0 Å². The zero-order chi connectivity index (χ0) is 16.7. The van der Waals surface area contributed by atoms with Crippen LogP contribution in [0.15, 0.2) is 24.3 Å². The molecule has 0 aliphatic heterocycles. The van der Waals surface area contributed by atoms with Crippen LogP contribution in [0.4, 0.5) is 10.5 Å². The van der Waals surface area contributed by atoms with E-state index in [1.54, 1.807) is 7.05 Å². The lowest BCUT2D eigenvalue weighted by Gasteiger charge is -2.25. The summed E-state index contributed by atoms with van der Waals surface area (Å²) in [5.41, 5.74) is 0.714. The summed E-state index contributed by atoms with van der Waals surface area (Å²) in [6.45, 7) is 2.14. The lowest BCUT2D eigenvalue weighted by molar-refractivity contribution is -0.0598. The van der Waals surface area contributed by atoms with E-state index in [0.29, 0.717) is 5.69 Å². The monoisotopic (exact) mass is 320 g/mol. The lowest BCUT2D eigenvalue weighted by atomic mass is 9.86. The summed E-state index contributed by atoms with van der Waals surface area (Å²) < 4.78 is 6.00. The van der Waals surface area contributed by atoms with Crippen LogP contribution in [0.1, 0.15) is 45.4 Å². The van der Waals surface area contributed by atoms with Crippen LogP contribution in [0.3, 0.4) is 0 Å². The van der Waals surface area contributed by atoms with Crippen molar-refractivity contribution in [2.24, 2.45) is 5.92 Å². The number of urea groups is 1. The molecule has 1 aromatic rings. The molecule has 1 aromatic carbocycles. The third kappa shape index (κ3) is 5.75. The molecule has 1 saturated carbocycles. The Morgan fingerprint density at radius 2 is 1.91 bits per heavy atom. The van der Waals surface area contributed by atoms with Gasteiger partial charge in [0.25, 0.3) is 0 Å². The van der Waals surface area contributed by atoms with E-state index in [9.17, 15) is 4.79 Å². The summed E-state index contributed by atoms with van der Waals surface area (Å²) in [7, 11) is 3.00. The number of nitrogens with zero attached hydrogens (tertiary/aromatic N) is 1. The van der Waals surface area contributed by atoms with Crippen molar-refractivity contribution in [1.29, 1.82) is 0 Å². The minimum Gasteiger partial charge on any atom is -0.491 e. The Bertz CT molecular complexity index is 484. The lowest BCUT2D eigenvalue weighted by Crippen LogP contribution is -2.30. The third-order valence-corrected chi connectivity index (χ3v) is 4.39. The summed E-state index contributed by atoms with van der Waals surface area (Å²) in [6, 6.07) is 7.14. The molecule has 1 unspecified atom stereocenters. The standard InChI is InChI=1S/C18H28N2O3/c1-14(13-15-7-5-4-6-8-15)23-17-11-9-16(10-12-17)19-18(21)20(2)22-3/h9-12,14-15H,4-8,13H2,1-3H3,(H,19,21). The third-order valence-electron chi connectivity index (χ3n) is 4.39. The number of benzene rings is 1. The van der Waals surface area contributed by atoms with E-state index >= 15 is 0 Å². The molecule has 1 aliphatic carbocycles. The van der Waals surface area contributed by atoms with Gasteiger partial charge in [0.05, 0.1) is 13.2 Å². The quantitative estimate of drug-likeness (QED) is 0.788. The zero-order valence-corrected chi connectivity index (χ0v) is 14.4. The highest BCUT2D eigenvalue weighted by molar-refractivity contribution is 5.88. The number of nitrogens with one attached hydrogen (secondary N) is 1. The fourth-order valence-corrected chi connectivity index (χ4v) is 3.07. The maximum absolute atomic E-state index is 11.7. The highest BCUT2D eigenvalue weighted by Crippen LogP contribution is 2.28. The topological polar surface area (TPSA) is 50.8 Å². The molecule has 0 aromatic heterocycles. The second-order valence-corrected chi connectivity index (χ2v) is 6.30. The molecule has 2 amide bonds. The molecule has 2 rings (SSSR count). The minimum absolute atomic E-state index is 0.221. The number of hydrogen-bond donors (Lipinski definition) is 1. The number of carbonyl (C=O) groups is 1. The molecular weight excluding hydrogens is 292 g/mol. The molecule has 5 heteroatoms. The van der Waals surface area contributed by atoms with E-state index in [4.69, 9.17) is 9.57 Å². The SMILES string of the molecule is CON(C)C(=O)Nc1ccc(OC(C)CC2CCCCC2)cc1. The fourth-order valence-electron chi connectivity index (χ4n) is 3.07. The molecule has 0 heterocycles. The molecule has 128 valence electrons. The normalized spacial score (nSPS) is 16.7. The number of rotatable bonds is 6. The molecule has 5 nitrogen and oxygen atoms in total. The summed E-state index contributed by atoms with van der Waals surface area (Å²) in [6.07, 6.45) is 8.13. The van der Waals surface area contributed by atoms with Gasteiger partial charge in [-0.2, -0.15) is 0 Å². The van der Waals surface area contributed by atoms with Crippen molar-refractivity contribution in [3.05, 3.63) is 24.3 Å². The minimum atomic E-state index is -0.313. The number of ether oxygens (including phenoxy) is 1. The van der Waals surface area contributed by atoms with Crippen molar-refractivity contribution in [2.75, 3.05) is 19.5 Å². The van der Waals surface area contributed by atoms with Crippen LogP contribution in [0.25, 0.3) is 0 Å². The van der Waals surface area contributed by atoms with Gasteiger partial charge in [-0.15, -0.1) is 0 Å². The van der Waals surface area contributed by atoms with Gasteiger partial charge in [-0.25, -0.2) is 9.86 Å². The molecule has 1 fully saturated rings. The number of carbonyl (C=O) groups excluding carboxylic acids is 1. The Morgan fingerprint density at radius 1 is 1.26 bits per heavy atom. The van der Waals surface area contributed by atoms with E-state index in [1.165, 1.54) is 39.2 Å². The van der Waals surface area contributed by atoms with Crippen molar-refractivity contribution >= 4 is 11.7 Å².